The Morgan fingerprint density at radius 2 is 1.29 bits per heavy atom. The average molecular weight is 294 g/mol. The van der Waals surface area contributed by atoms with Crippen molar-refractivity contribution in [2.75, 3.05) is 26.2 Å². The lowest BCUT2D eigenvalue weighted by Gasteiger charge is -2.36. The Bertz CT molecular complexity index is 453. The van der Waals surface area contributed by atoms with Gasteiger partial charge in [0, 0.05) is 32.1 Å². The highest BCUT2D eigenvalue weighted by Gasteiger charge is 2.41. The normalized spacial score (nSPS) is 29.5. The summed E-state index contributed by atoms with van der Waals surface area (Å²) in [5, 5.41) is 9.19. The number of piperazine rings is 1. The predicted molar refractivity (Wildman–Crippen MR) is 74.4 cm³/mol. The first kappa shape index (κ1) is 14.4. The molecule has 2 aliphatic carbocycles. The Labute approximate surface area is 124 Å². The largest absolute Gasteiger partial charge is 0.481 e. The molecule has 21 heavy (non-hydrogen) atoms. The maximum Gasteiger partial charge on any atom is 0.307 e. The Hall–Kier alpha value is -1.59. The highest BCUT2D eigenvalue weighted by atomic mass is 16.4. The molecule has 1 saturated heterocycles. The van der Waals surface area contributed by atoms with Gasteiger partial charge in [0.15, 0.2) is 0 Å². The van der Waals surface area contributed by atoms with Crippen LogP contribution in [0.1, 0.15) is 32.1 Å². The van der Waals surface area contributed by atoms with Gasteiger partial charge in [-0.3, -0.25) is 14.4 Å². The van der Waals surface area contributed by atoms with Crippen LogP contribution >= 0.6 is 0 Å². The Morgan fingerprint density at radius 1 is 0.762 bits per heavy atom. The number of hydrogen-bond donors (Lipinski definition) is 1. The van der Waals surface area contributed by atoms with Crippen molar-refractivity contribution in [1.29, 1.82) is 0 Å². The smallest absolute Gasteiger partial charge is 0.307 e. The van der Waals surface area contributed by atoms with E-state index in [-0.39, 0.29) is 23.7 Å². The second kappa shape index (κ2) is 5.66. The second-order valence-corrected chi connectivity index (χ2v) is 6.41. The number of carbonyl (C=O) groups excluding carboxylic acids is 2. The summed E-state index contributed by atoms with van der Waals surface area (Å²) >= 11 is 0. The Morgan fingerprint density at radius 3 is 1.81 bits per heavy atom. The molecule has 0 aromatic carbocycles. The molecule has 3 fully saturated rings. The van der Waals surface area contributed by atoms with Crippen LogP contribution in [0.3, 0.4) is 0 Å². The molecule has 1 heterocycles. The molecule has 2 saturated carbocycles. The van der Waals surface area contributed by atoms with Gasteiger partial charge >= 0.3 is 5.97 Å². The van der Waals surface area contributed by atoms with Crippen molar-refractivity contribution in [3.8, 4) is 0 Å². The van der Waals surface area contributed by atoms with E-state index in [1.165, 1.54) is 0 Å². The SMILES string of the molecule is O=C(O)[C@H]1CCC[C@H]1C(=O)N1CCN(C(=O)C2CC2)CC1. The Kier molecular flexibility index (Phi) is 3.87. The van der Waals surface area contributed by atoms with Crippen LogP contribution < -0.4 is 0 Å². The standard InChI is InChI=1S/C15H22N2O4/c18-13(10-4-5-10)16-6-8-17(9-7-16)14(19)11-2-1-3-12(11)15(20)21/h10-12H,1-9H2,(H,20,21)/t11-,12+/m1/s1. The van der Waals surface area contributed by atoms with Crippen LogP contribution in [0.4, 0.5) is 0 Å². The number of aliphatic carboxylic acids is 1. The summed E-state index contributed by atoms with van der Waals surface area (Å²) in [7, 11) is 0. The minimum Gasteiger partial charge on any atom is -0.481 e. The average Bonchev–Trinajstić information content (AvgIpc) is 3.22. The molecule has 1 N–H and O–H groups in total. The fourth-order valence-electron chi connectivity index (χ4n) is 3.52. The first-order valence-corrected chi connectivity index (χ1v) is 7.88. The van der Waals surface area contributed by atoms with E-state index >= 15 is 0 Å². The van der Waals surface area contributed by atoms with Gasteiger partial charge < -0.3 is 14.9 Å². The molecule has 0 radical (unpaired) electrons. The second-order valence-electron chi connectivity index (χ2n) is 6.41. The third-order valence-electron chi connectivity index (χ3n) is 4.98. The van der Waals surface area contributed by atoms with E-state index in [0.717, 1.165) is 19.3 Å². The highest BCUT2D eigenvalue weighted by Crippen LogP contribution is 2.34. The summed E-state index contributed by atoms with van der Waals surface area (Å²) in [6.07, 6.45) is 4.09. The zero-order valence-corrected chi connectivity index (χ0v) is 12.2. The van der Waals surface area contributed by atoms with E-state index in [1.54, 1.807) is 4.90 Å². The first-order valence-electron chi connectivity index (χ1n) is 7.88. The van der Waals surface area contributed by atoms with Gasteiger partial charge in [-0.05, 0) is 25.7 Å². The number of rotatable bonds is 3. The molecule has 3 aliphatic rings. The van der Waals surface area contributed by atoms with Gasteiger partial charge in [0.2, 0.25) is 11.8 Å². The van der Waals surface area contributed by atoms with Crippen molar-refractivity contribution in [3.63, 3.8) is 0 Å². The quantitative estimate of drug-likeness (QED) is 0.825. The van der Waals surface area contributed by atoms with Gasteiger partial charge in [0.25, 0.3) is 0 Å². The van der Waals surface area contributed by atoms with E-state index in [2.05, 4.69) is 0 Å². The lowest BCUT2D eigenvalue weighted by Crippen LogP contribution is -2.52. The third kappa shape index (κ3) is 2.89. The minimum atomic E-state index is -0.853. The summed E-state index contributed by atoms with van der Waals surface area (Å²) in [5.74, 6) is -1.33. The van der Waals surface area contributed by atoms with Crippen LogP contribution in [0.15, 0.2) is 0 Å². The maximum absolute atomic E-state index is 12.5. The van der Waals surface area contributed by atoms with Crippen LogP contribution in [0.25, 0.3) is 0 Å². The number of carbonyl (C=O) groups is 3. The number of carboxylic acid groups (broad SMARTS) is 1. The van der Waals surface area contributed by atoms with Crippen molar-refractivity contribution in [2.24, 2.45) is 17.8 Å². The summed E-state index contributed by atoms with van der Waals surface area (Å²) in [4.78, 5) is 39.3. The van der Waals surface area contributed by atoms with Crippen LogP contribution in [-0.2, 0) is 14.4 Å². The van der Waals surface area contributed by atoms with Gasteiger partial charge in [0.1, 0.15) is 0 Å². The van der Waals surface area contributed by atoms with Gasteiger partial charge in [-0.2, -0.15) is 0 Å². The predicted octanol–water partition coefficient (Wildman–Crippen LogP) is 0.568. The molecule has 6 nitrogen and oxygen atoms in total. The van der Waals surface area contributed by atoms with Gasteiger partial charge in [-0.25, -0.2) is 0 Å². The molecule has 0 aromatic rings. The van der Waals surface area contributed by atoms with Gasteiger partial charge in [0.05, 0.1) is 11.8 Å². The number of hydrogen-bond acceptors (Lipinski definition) is 3. The van der Waals surface area contributed by atoms with E-state index in [9.17, 15) is 19.5 Å². The number of nitrogens with zero attached hydrogens (tertiary/aromatic N) is 2. The van der Waals surface area contributed by atoms with Crippen LogP contribution in [-0.4, -0.2) is 58.9 Å². The van der Waals surface area contributed by atoms with E-state index in [4.69, 9.17) is 0 Å². The zero-order valence-electron chi connectivity index (χ0n) is 12.2. The monoisotopic (exact) mass is 294 g/mol. The van der Waals surface area contributed by atoms with Crippen molar-refractivity contribution >= 4 is 17.8 Å². The van der Waals surface area contributed by atoms with Crippen molar-refractivity contribution in [2.45, 2.75) is 32.1 Å². The van der Waals surface area contributed by atoms with Gasteiger partial charge in [-0.1, -0.05) is 6.42 Å². The first-order chi connectivity index (χ1) is 10.1. The highest BCUT2D eigenvalue weighted by molar-refractivity contribution is 5.86. The number of carboxylic acids is 1. The van der Waals surface area contributed by atoms with Crippen LogP contribution in [0, 0.1) is 17.8 Å². The Balaban J connectivity index is 1.55. The lowest BCUT2D eigenvalue weighted by molar-refractivity contribution is -0.150. The minimum absolute atomic E-state index is 0.0292. The fourth-order valence-corrected chi connectivity index (χ4v) is 3.52. The van der Waals surface area contributed by atoms with Crippen molar-refractivity contribution in [3.05, 3.63) is 0 Å². The van der Waals surface area contributed by atoms with E-state index < -0.39 is 11.9 Å². The van der Waals surface area contributed by atoms with E-state index in [0.29, 0.717) is 39.0 Å². The molecule has 6 heteroatoms. The molecule has 1 aliphatic heterocycles. The summed E-state index contributed by atoms with van der Waals surface area (Å²) in [6.45, 7) is 2.26. The van der Waals surface area contributed by atoms with E-state index in [1.807, 2.05) is 4.90 Å². The molecule has 0 bridgehead atoms. The van der Waals surface area contributed by atoms with Crippen LogP contribution in [0.2, 0.25) is 0 Å². The van der Waals surface area contributed by atoms with Gasteiger partial charge in [-0.15, -0.1) is 0 Å². The molecule has 2 amide bonds. The van der Waals surface area contributed by atoms with Crippen molar-refractivity contribution < 1.29 is 19.5 Å². The lowest BCUT2D eigenvalue weighted by atomic mass is 9.94. The maximum atomic E-state index is 12.5. The molecule has 0 spiro atoms. The third-order valence-corrected chi connectivity index (χ3v) is 4.98. The number of amides is 2. The molecule has 3 rings (SSSR count). The molecule has 2 atom stereocenters. The molecular formula is C15H22N2O4. The summed E-state index contributed by atoms with van der Waals surface area (Å²) < 4.78 is 0. The molecular weight excluding hydrogens is 272 g/mol. The van der Waals surface area contributed by atoms with Crippen molar-refractivity contribution in [1.82, 2.24) is 9.80 Å². The topological polar surface area (TPSA) is 77.9 Å². The molecule has 0 aromatic heterocycles. The van der Waals surface area contributed by atoms with Crippen LogP contribution in [0.5, 0.6) is 0 Å². The molecule has 0 unspecified atom stereocenters. The fraction of sp³-hybridized carbons (Fsp3) is 0.800. The zero-order chi connectivity index (χ0) is 15.0. The molecule has 116 valence electrons. The summed E-state index contributed by atoms with van der Waals surface area (Å²) in [5.41, 5.74) is 0. The summed E-state index contributed by atoms with van der Waals surface area (Å²) in [6, 6.07) is 0.